The van der Waals surface area contributed by atoms with Crippen molar-refractivity contribution in [2.45, 2.75) is 20.8 Å². The lowest BCUT2D eigenvalue weighted by atomic mass is 10.0. The highest BCUT2D eigenvalue weighted by atomic mass is 15.0. The number of para-hydroxylation sites is 3. The number of benzene rings is 7. The summed E-state index contributed by atoms with van der Waals surface area (Å²) in [6.45, 7) is 9.25. The molecule has 2 heterocycles. The molecule has 0 saturated heterocycles. The Hall–Kier alpha value is -5.86. The molecule has 0 radical (unpaired) electrons. The minimum absolute atomic E-state index is 1.16. The zero-order chi connectivity index (χ0) is 32.3. The molecule has 0 fully saturated rings. The number of rotatable bonds is 3. The summed E-state index contributed by atoms with van der Waals surface area (Å²) in [5, 5.41) is 7.59. The number of fused-ring (bicyclic) bond motifs is 7. The van der Waals surface area contributed by atoms with E-state index < -0.39 is 0 Å². The molecule has 0 spiro atoms. The molecule has 9 aromatic rings. The second kappa shape index (κ2) is 12.9. The van der Waals surface area contributed by atoms with Gasteiger partial charge in [-0.2, -0.15) is 0 Å². The number of aromatic nitrogens is 2. The summed E-state index contributed by atoms with van der Waals surface area (Å²) in [7, 11) is 0. The van der Waals surface area contributed by atoms with Crippen LogP contribution in [0.2, 0.25) is 0 Å². The molecule has 0 aliphatic carbocycles. The molecule has 0 unspecified atom stereocenters. The highest BCUT2D eigenvalue weighted by Gasteiger charge is 2.16. The average Bonchev–Trinajstić information content (AvgIpc) is 3.65. The van der Waals surface area contributed by atoms with E-state index in [1.54, 1.807) is 6.08 Å². The summed E-state index contributed by atoms with van der Waals surface area (Å²) in [6, 6.07) is 57.3. The van der Waals surface area contributed by atoms with Crippen LogP contribution in [0.3, 0.4) is 0 Å². The molecule has 228 valence electrons. The van der Waals surface area contributed by atoms with Gasteiger partial charge in [-0.05, 0) is 83.4 Å². The monoisotopic (exact) mass is 606 g/mol. The van der Waals surface area contributed by atoms with Gasteiger partial charge in [-0.25, -0.2) is 0 Å². The van der Waals surface area contributed by atoms with Crippen LogP contribution in [0.4, 0.5) is 0 Å². The van der Waals surface area contributed by atoms with Gasteiger partial charge in [0.15, 0.2) is 0 Å². The normalized spacial score (nSPS) is 11.0. The highest BCUT2D eigenvalue weighted by molar-refractivity contribution is 6.12. The highest BCUT2D eigenvalue weighted by Crippen LogP contribution is 2.37. The van der Waals surface area contributed by atoms with Crippen LogP contribution in [0.1, 0.15) is 20.8 Å². The Kier molecular flexibility index (Phi) is 8.16. The second-order valence-corrected chi connectivity index (χ2v) is 11.4. The van der Waals surface area contributed by atoms with E-state index in [-0.39, 0.29) is 0 Å². The Bertz CT molecular complexity index is 2470. The van der Waals surface area contributed by atoms with Crippen LogP contribution in [0, 0.1) is 0 Å². The fourth-order valence-electron chi connectivity index (χ4n) is 6.77. The van der Waals surface area contributed by atoms with Crippen LogP contribution in [0.25, 0.3) is 76.9 Å². The van der Waals surface area contributed by atoms with Crippen LogP contribution in [0.15, 0.2) is 170 Å². The molecule has 0 amide bonds. The van der Waals surface area contributed by atoms with Crippen molar-refractivity contribution < 1.29 is 0 Å². The molecule has 0 aliphatic rings. The SMILES string of the molecule is C=CC.CC.c1cc(-c2ccc3ccccc3c2)cc(-n2c3ccccc3c3cc(-n4c5ccccc5c5ccccc54)ccc32)c1. The Labute approximate surface area is 276 Å². The standard InChI is InChI=1S/C40H26N2.C3H6.C2H6/c1-2-11-28-24-30(21-20-27(28)10-1)29-12-9-13-31(25-29)41-39-19-8-5-16-35(39)36-26-32(22-23-40(36)41)42-37-17-6-3-14-33(37)34-15-4-7-18-38(34)42;1-3-2;1-2/h1-26H;3H,1H2,2H3;1-2H3. The van der Waals surface area contributed by atoms with E-state index in [2.05, 4.69) is 173 Å². The number of allylic oxidation sites excluding steroid dienone is 1. The summed E-state index contributed by atoms with van der Waals surface area (Å²) in [5.41, 5.74) is 9.65. The Morgan fingerprint density at radius 3 is 1.49 bits per heavy atom. The largest absolute Gasteiger partial charge is 0.309 e. The molecule has 0 N–H and O–H groups in total. The van der Waals surface area contributed by atoms with E-state index in [9.17, 15) is 0 Å². The van der Waals surface area contributed by atoms with Gasteiger partial charge >= 0.3 is 0 Å². The van der Waals surface area contributed by atoms with Crippen LogP contribution in [0.5, 0.6) is 0 Å². The van der Waals surface area contributed by atoms with Crippen molar-refractivity contribution in [2.75, 3.05) is 0 Å². The predicted octanol–water partition coefficient (Wildman–Crippen LogP) is 12.9. The van der Waals surface area contributed by atoms with Gasteiger partial charge in [-0.3, -0.25) is 0 Å². The van der Waals surface area contributed by atoms with E-state index >= 15 is 0 Å². The third-order valence-electron chi connectivity index (χ3n) is 8.68. The number of hydrogen-bond acceptors (Lipinski definition) is 0. The van der Waals surface area contributed by atoms with Crippen molar-refractivity contribution in [1.29, 1.82) is 0 Å². The first-order chi connectivity index (χ1) is 23.2. The molecule has 0 aliphatic heterocycles. The van der Waals surface area contributed by atoms with Gasteiger partial charge in [0.05, 0.1) is 22.1 Å². The van der Waals surface area contributed by atoms with Crippen molar-refractivity contribution in [3.63, 3.8) is 0 Å². The minimum Gasteiger partial charge on any atom is -0.309 e. The lowest BCUT2D eigenvalue weighted by molar-refractivity contribution is 1.17. The minimum atomic E-state index is 1.16. The maximum absolute atomic E-state index is 3.36. The molecular formula is C45H38N2. The number of nitrogens with zero attached hydrogens (tertiary/aromatic N) is 2. The smallest absolute Gasteiger partial charge is 0.0542 e. The van der Waals surface area contributed by atoms with Gasteiger partial charge < -0.3 is 9.13 Å². The zero-order valence-electron chi connectivity index (χ0n) is 27.2. The van der Waals surface area contributed by atoms with E-state index in [1.165, 1.54) is 71.2 Å². The molecule has 9 rings (SSSR count). The maximum Gasteiger partial charge on any atom is 0.0542 e. The third-order valence-corrected chi connectivity index (χ3v) is 8.68. The number of hydrogen-bond donors (Lipinski definition) is 0. The predicted molar refractivity (Wildman–Crippen MR) is 205 cm³/mol. The van der Waals surface area contributed by atoms with Crippen LogP contribution in [-0.4, -0.2) is 9.13 Å². The van der Waals surface area contributed by atoms with Crippen molar-refractivity contribution in [3.8, 4) is 22.5 Å². The van der Waals surface area contributed by atoms with Crippen molar-refractivity contribution in [3.05, 3.63) is 170 Å². The molecule has 2 heteroatoms. The van der Waals surface area contributed by atoms with Crippen molar-refractivity contribution in [1.82, 2.24) is 9.13 Å². The van der Waals surface area contributed by atoms with Gasteiger partial charge in [0.1, 0.15) is 0 Å². The van der Waals surface area contributed by atoms with E-state index in [4.69, 9.17) is 0 Å². The van der Waals surface area contributed by atoms with Gasteiger partial charge in [0.2, 0.25) is 0 Å². The molecule has 0 saturated carbocycles. The van der Waals surface area contributed by atoms with Crippen molar-refractivity contribution >= 4 is 54.4 Å². The zero-order valence-corrected chi connectivity index (χ0v) is 27.2. The van der Waals surface area contributed by atoms with E-state index in [0.717, 1.165) is 5.69 Å². The third kappa shape index (κ3) is 5.18. The van der Waals surface area contributed by atoms with Crippen molar-refractivity contribution in [2.24, 2.45) is 0 Å². The Balaban J connectivity index is 0.000000667. The van der Waals surface area contributed by atoms with E-state index in [1.807, 2.05) is 20.8 Å². The second-order valence-electron chi connectivity index (χ2n) is 11.4. The average molecular weight is 607 g/mol. The van der Waals surface area contributed by atoms with Gasteiger partial charge in [-0.15, -0.1) is 6.58 Å². The Morgan fingerprint density at radius 2 is 0.872 bits per heavy atom. The summed E-state index contributed by atoms with van der Waals surface area (Å²) < 4.78 is 4.81. The molecule has 7 aromatic carbocycles. The summed E-state index contributed by atoms with van der Waals surface area (Å²) in [6.07, 6.45) is 1.75. The fourth-order valence-corrected chi connectivity index (χ4v) is 6.77. The van der Waals surface area contributed by atoms with Crippen LogP contribution < -0.4 is 0 Å². The first-order valence-corrected chi connectivity index (χ1v) is 16.4. The maximum atomic E-state index is 3.36. The lowest BCUT2D eigenvalue weighted by Crippen LogP contribution is -1.96. The van der Waals surface area contributed by atoms with Crippen LogP contribution in [-0.2, 0) is 0 Å². The Morgan fingerprint density at radius 1 is 0.404 bits per heavy atom. The molecule has 0 atom stereocenters. The van der Waals surface area contributed by atoms with Gasteiger partial charge in [-0.1, -0.05) is 123 Å². The van der Waals surface area contributed by atoms with E-state index in [0.29, 0.717) is 0 Å². The fraction of sp³-hybridized carbons (Fsp3) is 0.0667. The summed E-state index contributed by atoms with van der Waals surface area (Å²) in [4.78, 5) is 0. The van der Waals surface area contributed by atoms with Gasteiger partial charge in [0.25, 0.3) is 0 Å². The molecule has 2 aromatic heterocycles. The quantitative estimate of drug-likeness (QED) is 0.177. The molecule has 0 bridgehead atoms. The van der Waals surface area contributed by atoms with Gasteiger partial charge in [0, 0.05) is 32.9 Å². The molecule has 2 nitrogen and oxygen atoms in total. The molecular weight excluding hydrogens is 569 g/mol. The first-order valence-electron chi connectivity index (χ1n) is 16.4. The first kappa shape index (κ1) is 29.8. The summed E-state index contributed by atoms with van der Waals surface area (Å²) >= 11 is 0. The van der Waals surface area contributed by atoms with Crippen LogP contribution >= 0.6 is 0 Å². The lowest BCUT2D eigenvalue weighted by Gasteiger charge is -2.12. The topological polar surface area (TPSA) is 9.86 Å². The molecule has 47 heavy (non-hydrogen) atoms. The summed E-state index contributed by atoms with van der Waals surface area (Å²) in [5.74, 6) is 0.